The fraction of sp³-hybridized carbons (Fsp3) is 0.636. The van der Waals surface area contributed by atoms with E-state index >= 15 is 0 Å². The minimum absolute atomic E-state index is 0.539. The summed E-state index contributed by atoms with van der Waals surface area (Å²) in [6.45, 7) is 0.656. The summed E-state index contributed by atoms with van der Waals surface area (Å²) in [5.74, 6) is 0. The second-order valence-corrected chi connectivity index (χ2v) is 3.90. The molecule has 1 atom stereocenters. The average molecular weight is 194 g/mol. The van der Waals surface area contributed by atoms with E-state index in [9.17, 15) is 0 Å². The van der Waals surface area contributed by atoms with E-state index in [1.165, 1.54) is 30.4 Å². The fourth-order valence-electron chi connectivity index (χ4n) is 2.27. The molecule has 0 fully saturated rings. The van der Waals surface area contributed by atoms with Gasteiger partial charge in [0.25, 0.3) is 0 Å². The van der Waals surface area contributed by atoms with Gasteiger partial charge in [-0.05, 0) is 37.4 Å². The van der Waals surface area contributed by atoms with Crippen LogP contribution in [0.4, 0.5) is 0 Å². The molecule has 1 N–H and O–H groups in total. The van der Waals surface area contributed by atoms with Crippen molar-refractivity contribution in [2.45, 2.75) is 32.0 Å². The molecule has 0 radical (unpaired) electrons. The number of hydrogen-bond acceptors (Lipinski definition) is 2. The van der Waals surface area contributed by atoms with Gasteiger partial charge in [-0.15, -0.1) is 0 Å². The first kappa shape index (κ1) is 9.74. The normalized spacial score (nSPS) is 20.9. The molecule has 1 unspecified atom stereocenters. The molecule has 1 aliphatic rings. The smallest absolute Gasteiger partial charge is 0.121 e. The zero-order valence-electron chi connectivity index (χ0n) is 8.92. The highest BCUT2D eigenvalue weighted by Crippen LogP contribution is 2.29. The summed E-state index contributed by atoms with van der Waals surface area (Å²) >= 11 is 0. The molecule has 2 rings (SSSR count). The molecule has 0 amide bonds. The summed E-state index contributed by atoms with van der Waals surface area (Å²) < 4.78 is 7.24. The number of nitrogens with one attached hydrogen (secondary N) is 1. The third kappa shape index (κ3) is 1.70. The van der Waals surface area contributed by atoms with E-state index in [1.807, 2.05) is 7.05 Å². The van der Waals surface area contributed by atoms with E-state index < -0.39 is 0 Å². The quantitative estimate of drug-likeness (QED) is 0.792. The van der Waals surface area contributed by atoms with E-state index in [1.54, 1.807) is 7.11 Å². The van der Waals surface area contributed by atoms with Crippen LogP contribution in [-0.2, 0) is 17.9 Å². The van der Waals surface area contributed by atoms with Crippen molar-refractivity contribution >= 4 is 0 Å². The number of ether oxygens (including phenoxy) is 1. The number of hydrogen-bond donors (Lipinski definition) is 1. The lowest BCUT2D eigenvalue weighted by atomic mass is 9.91. The first-order valence-electron chi connectivity index (χ1n) is 5.20. The summed E-state index contributed by atoms with van der Waals surface area (Å²) in [5, 5.41) is 3.36. The lowest BCUT2D eigenvalue weighted by Gasteiger charge is -2.21. The Labute approximate surface area is 85.1 Å². The maximum Gasteiger partial charge on any atom is 0.121 e. The van der Waals surface area contributed by atoms with Crippen molar-refractivity contribution in [1.29, 1.82) is 0 Å². The molecule has 78 valence electrons. The van der Waals surface area contributed by atoms with Crippen LogP contribution < -0.4 is 5.32 Å². The maximum atomic E-state index is 5.12. The van der Waals surface area contributed by atoms with E-state index in [0.29, 0.717) is 12.8 Å². The predicted octanol–water partition coefficient (Wildman–Crippen LogP) is 1.69. The molecule has 1 aliphatic carbocycles. The van der Waals surface area contributed by atoms with Crippen LogP contribution in [0, 0.1) is 0 Å². The van der Waals surface area contributed by atoms with Crippen LogP contribution in [0.3, 0.4) is 0 Å². The Kier molecular flexibility index (Phi) is 2.89. The Hall–Kier alpha value is -0.800. The summed E-state index contributed by atoms with van der Waals surface area (Å²) in [6, 6.07) is 0.539. The van der Waals surface area contributed by atoms with Gasteiger partial charge in [-0.3, -0.25) is 0 Å². The Morgan fingerprint density at radius 1 is 1.57 bits per heavy atom. The van der Waals surface area contributed by atoms with Gasteiger partial charge in [-0.1, -0.05) is 0 Å². The van der Waals surface area contributed by atoms with Crippen LogP contribution in [-0.4, -0.2) is 18.7 Å². The van der Waals surface area contributed by atoms with Crippen LogP contribution in [0.25, 0.3) is 0 Å². The number of aromatic nitrogens is 1. The highest BCUT2D eigenvalue weighted by molar-refractivity contribution is 5.30. The molecular formula is C11H18N2O. The van der Waals surface area contributed by atoms with Crippen LogP contribution >= 0.6 is 0 Å². The molecule has 14 heavy (non-hydrogen) atoms. The highest BCUT2D eigenvalue weighted by Gasteiger charge is 2.20. The molecule has 0 aromatic carbocycles. The number of rotatable bonds is 3. The molecule has 0 bridgehead atoms. The molecule has 0 saturated carbocycles. The predicted molar refractivity (Wildman–Crippen MR) is 56.2 cm³/mol. The van der Waals surface area contributed by atoms with Crippen molar-refractivity contribution in [3.05, 3.63) is 23.5 Å². The maximum absolute atomic E-state index is 5.12. The standard InChI is InChI=1S/C11H18N2O/c1-12-11-5-3-4-9-6-13(8-14-2)7-10(9)11/h6-7,11-12H,3-5,8H2,1-2H3. The Morgan fingerprint density at radius 2 is 2.43 bits per heavy atom. The van der Waals surface area contributed by atoms with Crippen LogP contribution in [0.5, 0.6) is 0 Å². The monoisotopic (exact) mass is 194 g/mol. The van der Waals surface area contributed by atoms with Gasteiger partial charge < -0.3 is 14.6 Å². The second kappa shape index (κ2) is 4.15. The molecular weight excluding hydrogens is 176 g/mol. The van der Waals surface area contributed by atoms with Crippen LogP contribution in [0.2, 0.25) is 0 Å². The first-order chi connectivity index (χ1) is 6.85. The number of aryl methyl sites for hydroxylation is 1. The molecule has 0 spiro atoms. The van der Waals surface area contributed by atoms with Crippen molar-refractivity contribution in [3.63, 3.8) is 0 Å². The Bertz CT molecular complexity index is 306. The second-order valence-electron chi connectivity index (χ2n) is 3.90. The lowest BCUT2D eigenvalue weighted by Crippen LogP contribution is -2.20. The van der Waals surface area contributed by atoms with Crippen molar-refractivity contribution in [2.24, 2.45) is 0 Å². The van der Waals surface area contributed by atoms with Crippen molar-refractivity contribution in [3.8, 4) is 0 Å². The van der Waals surface area contributed by atoms with Gasteiger partial charge in [-0.25, -0.2) is 0 Å². The third-order valence-corrected chi connectivity index (χ3v) is 2.94. The summed E-state index contributed by atoms with van der Waals surface area (Å²) in [6.07, 6.45) is 8.17. The van der Waals surface area contributed by atoms with Gasteiger partial charge in [0.15, 0.2) is 0 Å². The zero-order valence-corrected chi connectivity index (χ0v) is 8.92. The molecule has 0 saturated heterocycles. The van der Waals surface area contributed by atoms with Crippen molar-refractivity contribution < 1.29 is 4.74 Å². The SMILES string of the molecule is CNC1CCCc2cn(COC)cc21. The minimum Gasteiger partial charge on any atom is -0.364 e. The number of fused-ring (bicyclic) bond motifs is 1. The van der Waals surface area contributed by atoms with E-state index in [4.69, 9.17) is 4.74 Å². The van der Waals surface area contributed by atoms with Gasteiger partial charge in [0.2, 0.25) is 0 Å². The van der Waals surface area contributed by atoms with Crippen molar-refractivity contribution in [2.75, 3.05) is 14.2 Å². The van der Waals surface area contributed by atoms with Gasteiger partial charge in [0.1, 0.15) is 6.73 Å². The average Bonchev–Trinajstić information content (AvgIpc) is 2.60. The number of nitrogens with zero attached hydrogens (tertiary/aromatic N) is 1. The fourth-order valence-corrected chi connectivity index (χ4v) is 2.27. The largest absolute Gasteiger partial charge is 0.364 e. The summed E-state index contributed by atoms with van der Waals surface area (Å²) in [7, 11) is 3.77. The van der Waals surface area contributed by atoms with E-state index in [-0.39, 0.29) is 0 Å². The van der Waals surface area contributed by atoms with Crippen LogP contribution in [0.1, 0.15) is 30.0 Å². The lowest BCUT2D eigenvalue weighted by molar-refractivity contribution is 0.131. The highest BCUT2D eigenvalue weighted by atomic mass is 16.5. The molecule has 0 aliphatic heterocycles. The van der Waals surface area contributed by atoms with Gasteiger partial charge in [0.05, 0.1) is 0 Å². The Morgan fingerprint density at radius 3 is 3.14 bits per heavy atom. The Balaban J connectivity index is 2.24. The molecule has 1 aromatic heterocycles. The molecule has 3 nitrogen and oxygen atoms in total. The van der Waals surface area contributed by atoms with E-state index in [0.717, 1.165) is 0 Å². The molecule has 1 aromatic rings. The van der Waals surface area contributed by atoms with Crippen molar-refractivity contribution in [1.82, 2.24) is 9.88 Å². The topological polar surface area (TPSA) is 26.2 Å². The molecule has 1 heterocycles. The third-order valence-electron chi connectivity index (χ3n) is 2.94. The summed E-state index contributed by atoms with van der Waals surface area (Å²) in [4.78, 5) is 0. The zero-order chi connectivity index (χ0) is 9.97. The number of methoxy groups -OCH3 is 1. The summed E-state index contributed by atoms with van der Waals surface area (Å²) in [5.41, 5.74) is 2.93. The van der Waals surface area contributed by atoms with Crippen LogP contribution in [0.15, 0.2) is 12.4 Å². The van der Waals surface area contributed by atoms with Gasteiger partial charge in [0, 0.05) is 25.5 Å². The minimum atomic E-state index is 0.539. The molecule has 3 heteroatoms. The van der Waals surface area contributed by atoms with Gasteiger partial charge >= 0.3 is 0 Å². The first-order valence-corrected chi connectivity index (χ1v) is 5.20. The van der Waals surface area contributed by atoms with Gasteiger partial charge in [-0.2, -0.15) is 0 Å². The van der Waals surface area contributed by atoms with E-state index in [2.05, 4.69) is 22.3 Å².